The van der Waals surface area contributed by atoms with Gasteiger partial charge in [-0.05, 0) is 44.4 Å². The van der Waals surface area contributed by atoms with Gasteiger partial charge in [-0.3, -0.25) is 0 Å². The van der Waals surface area contributed by atoms with E-state index in [4.69, 9.17) is 0 Å². The Bertz CT molecular complexity index is 360. The smallest absolute Gasteiger partial charge is 0.132 e. The van der Waals surface area contributed by atoms with Crippen molar-refractivity contribution in [2.24, 2.45) is 5.92 Å². The minimum atomic E-state index is 0.788. The van der Waals surface area contributed by atoms with Crippen LogP contribution >= 0.6 is 0 Å². The molecule has 1 N–H and O–H groups in total. The van der Waals surface area contributed by atoms with E-state index in [9.17, 15) is 0 Å². The Labute approximate surface area is 104 Å². The fraction of sp³-hybridized carbons (Fsp3) is 0.714. The molecular formula is C14H23N3. The standard InChI is InChI=1S/C14H23N3/c1-11(2)6-5-9-15-14-12-7-3-4-8-13(12)16-10-17-14/h10-11H,3-9H2,1-2H3,(H,15,16,17). The Morgan fingerprint density at radius 2 is 2.06 bits per heavy atom. The van der Waals surface area contributed by atoms with E-state index in [0.29, 0.717) is 0 Å². The van der Waals surface area contributed by atoms with Crippen LogP contribution in [0.5, 0.6) is 0 Å². The van der Waals surface area contributed by atoms with Crippen LogP contribution in [-0.2, 0) is 12.8 Å². The van der Waals surface area contributed by atoms with Gasteiger partial charge >= 0.3 is 0 Å². The van der Waals surface area contributed by atoms with E-state index in [1.165, 1.54) is 36.9 Å². The van der Waals surface area contributed by atoms with Gasteiger partial charge in [0.05, 0.1) is 0 Å². The van der Waals surface area contributed by atoms with Crippen LogP contribution in [0, 0.1) is 5.92 Å². The van der Waals surface area contributed by atoms with E-state index in [2.05, 4.69) is 29.1 Å². The summed E-state index contributed by atoms with van der Waals surface area (Å²) in [7, 11) is 0. The summed E-state index contributed by atoms with van der Waals surface area (Å²) in [4.78, 5) is 8.77. The molecule has 0 bridgehead atoms. The Balaban J connectivity index is 1.92. The van der Waals surface area contributed by atoms with Crippen molar-refractivity contribution in [1.29, 1.82) is 0 Å². The minimum Gasteiger partial charge on any atom is -0.370 e. The van der Waals surface area contributed by atoms with E-state index in [0.717, 1.165) is 31.1 Å². The van der Waals surface area contributed by atoms with Crippen LogP contribution < -0.4 is 5.32 Å². The largest absolute Gasteiger partial charge is 0.370 e. The van der Waals surface area contributed by atoms with Crippen LogP contribution in [0.15, 0.2) is 6.33 Å². The van der Waals surface area contributed by atoms with Crippen molar-refractivity contribution < 1.29 is 0 Å². The number of rotatable bonds is 5. The van der Waals surface area contributed by atoms with Gasteiger partial charge in [0.2, 0.25) is 0 Å². The predicted octanol–water partition coefficient (Wildman–Crippen LogP) is 3.20. The third-order valence-corrected chi connectivity index (χ3v) is 3.38. The highest BCUT2D eigenvalue weighted by Gasteiger charge is 2.14. The van der Waals surface area contributed by atoms with E-state index in [1.807, 2.05) is 0 Å². The van der Waals surface area contributed by atoms with Crippen LogP contribution in [0.4, 0.5) is 5.82 Å². The molecule has 1 heterocycles. The van der Waals surface area contributed by atoms with Gasteiger partial charge in [0, 0.05) is 17.8 Å². The molecule has 1 aliphatic carbocycles. The van der Waals surface area contributed by atoms with Gasteiger partial charge in [0.25, 0.3) is 0 Å². The van der Waals surface area contributed by atoms with Crippen LogP contribution in [0.3, 0.4) is 0 Å². The van der Waals surface area contributed by atoms with Gasteiger partial charge < -0.3 is 5.32 Å². The monoisotopic (exact) mass is 233 g/mol. The molecule has 0 spiro atoms. The SMILES string of the molecule is CC(C)CCCNc1ncnc2c1CCCC2. The molecule has 1 aromatic rings. The van der Waals surface area contributed by atoms with E-state index in [-0.39, 0.29) is 0 Å². The number of nitrogens with zero attached hydrogens (tertiary/aromatic N) is 2. The first-order valence-electron chi connectivity index (χ1n) is 6.84. The number of hydrogen-bond donors (Lipinski definition) is 1. The van der Waals surface area contributed by atoms with Gasteiger partial charge in [-0.15, -0.1) is 0 Å². The lowest BCUT2D eigenvalue weighted by Gasteiger charge is -2.18. The van der Waals surface area contributed by atoms with Crippen molar-refractivity contribution in [2.75, 3.05) is 11.9 Å². The second-order valence-electron chi connectivity index (χ2n) is 5.32. The summed E-state index contributed by atoms with van der Waals surface area (Å²) in [5, 5.41) is 3.48. The summed E-state index contributed by atoms with van der Waals surface area (Å²) in [6.45, 7) is 5.57. The molecule has 3 nitrogen and oxygen atoms in total. The maximum Gasteiger partial charge on any atom is 0.132 e. The first-order valence-corrected chi connectivity index (χ1v) is 6.84. The highest BCUT2D eigenvalue weighted by molar-refractivity contribution is 5.46. The van der Waals surface area contributed by atoms with E-state index >= 15 is 0 Å². The lowest BCUT2D eigenvalue weighted by Crippen LogP contribution is -2.13. The molecule has 94 valence electrons. The first kappa shape index (κ1) is 12.3. The lowest BCUT2D eigenvalue weighted by atomic mass is 9.96. The third-order valence-electron chi connectivity index (χ3n) is 3.38. The molecule has 0 radical (unpaired) electrons. The van der Waals surface area contributed by atoms with Crippen molar-refractivity contribution >= 4 is 5.82 Å². The second-order valence-corrected chi connectivity index (χ2v) is 5.32. The van der Waals surface area contributed by atoms with E-state index < -0.39 is 0 Å². The average Bonchev–Trinajstić information content (AvgIpc) is 2.34. The van der Waals surface area contributed by atoms with Crippen molar-refractivity contribution in [2.45, 2.75) is 52.4 Å². The number of aryl methyl sites for hydroxylation is 1. The zero-order chi connectivity index (χ0) is 12.1. The topological polar surface area (TPSA) is 37.8 Å². The van der Waals surface area contributed by atoms with Crippen LogP contribution in [0.1, 0.15) is 50.8 Å². The normalized spacial score (nSPS) is 14.8. The molecule has 3 heteroatoms. The molecule has 0 saturated heterocycles. The molecule has 0 aromatic carbocycles. The first-order chi connectivity index (χ1) is 8.27. The third kappa shape index (κ3) is 3.42. The average molecular weight is 233 g/mol. The number of fused-ring (bicyclic) bond motifs is 1. The maximum absolute atomic E-state index is 4.39. The number of aromatic nitrogens is 2. The van der Waals surface area contributed by atoms with Crippen molar-refractivity contribution in [3.63, 3.8) is 0 Å². The number of nitrogens with one attached hydrogen (secondary N) is 1. The van der Waals surface area contributed by atoms with Crippen molar-refractivity contribution in [3.8, 4) is 0 Å². The van der Waals surface area contributed by atoms with Gasteiger partial charge in [-0.2, -0.15) is 0 Å². The Hall–Kier alpha value is -1.12. The molecule has 17 heavy (non-hydrogen) atoms. The van der Waals surface area contributed by atoms with Crippen LogP contribution in [0.2, 0.25) is 0 Å². The summed E-state index contributed by atoms with van der Waals surface area (Å²) in [5.74, 6) is 1.87. The molecule has 1 aromatic heterocycles. The van der Waals surface area contributed by atoms with Gasteiger partial charge in [0.15, 0.2) is 0 Å². The highest BCUT2D eigenvalue weighted by Crippen LogP contribution is 2.24. The van der Waals surface area contributed by atoms with Crippen molar-refractivity contribution in [3.05, 3.63) is 17.6 Å². The minimum absolute atomic E-state index is 0.788. The predicted molar refractivity (Wildman–Crippen MR) is 71.2 cm³/mol. The number of anilines is 1. The van der Waals surface area contributed by atoms with Gasteiger partial charge in [-0.1, -0.05) is 13.8 Å². The molecule has 0 aliphatic heterocycles. The summed E-state index contributed by atoms with van der Waals surface area (Å²) in [6.07, 6.45) is 9.02. The molecule has 0 saturated carbocycles. The van der Waals surface area contributed by atoms with Crippen molar-refractivity contribution in [1.82, 2.24) is 9.97 Å². The molecule has 0 unspecified atom stereocenters. The molecule has 2 rings (SSSR count). The number of hydrogen-bond acceptors (Lipinski definition) is 3. The van der Waals surface area contributed by atoms with Crippen LogP contribution in [-0.4, -0.2) is 16.5 Å². The zero-order valence-electron chi connectivity index (χ0n) is 11.0. The van der Waals surface area contributed by atoms with E-state index in [1.54, 1.807) is 6.33 Å². The summed E-state index contributed by atoms with van der Waals surface area (Å²) in [6, 6.07) is 0. The fourth-order valence-electron chi connectivity index (χ4n) is 2.39. The molecular weight excluding hydrogens is 210 g/mol. The van der Waals surface area contributed by atoms with Gasteiger partial charge in [-0.25, -0.2) is 9.97 Å². The summed E-state index contributed by atoms with van der Waals surface area (Å²) >= 11 is 0. The molecule has 0 fully saturated rings. The maximum atomic E-state index is 4.39. The molecule has 0 atom stereocenters. The highest BCUT2D eigenvalue weighted by atomic mass is 15.0. The zero-order valence-corrected chi connectivity index (χ0v) is 11.0. The Morgan fingerprint density at radius 3 is 2.88 bits per heavy atom. The Kier molecular flexibility index (Phi) is 4.35. The lowest BCUT2D eigenvalue weighted by molar-refractivity contribution is 0.566. The molecule has 0 amide bonds. The summed E-state index contributed by atoms with van der Waals surface area (Å²) in [5.41, 5.74) is 2.63. The Morgan fingerprint density at radius 1 is 1.24 bits per heavy atom. The fourth-order valence-corrected chi connectivity index (χ4v) is 2.39. The molecule has 1 aliphatic rings. The van der Waals surface area contributed by atoms with Gasteiger partial charge in [0.1, 0.15) is 12.1 Å². The second kappa shape index (κ2) is 5.99. The summed E-state index contributed by atoms with van der Waals surface area (Å²) < 4.78 is 0. The quantitative estimate of drug-likeness (QED) is 0.794. The van der Waals surface area contributed by atoms with Crippen LogP contribution in [0.25, 0.3) is 0 Å².